The summed E-state index contributed by atoms with van der Waals surface area (Å²) in [6.45, 7) is 0.944. The molecule has 1 aromatic carbocycles. The number of aromatic nitrogens is 2. The molecular weight excluding hydrogens is 465 g/mol. The van der Waals surface area contributed by atoms with E-state index in [0.29, 0.717) is 10.6 Å². The van der Waals surface area contributed by atoms with Crippen molar-refractivity contribution in [3.05, 3.63) is 61.9 Å². The van der Waals surface area contributed by atoms with E-state index in [9.17, 15) is 19.3 Å². The van der Waals surface area contributed by atoms with Gasteiger partial charge in [-0.05, 0) is 31.2 Å². The Morgan fingerprint density at radius 3 is 2.75 bits per heavy atom. The second-order valence-electron chi connectivity index (χ2n) is 6.94. The Bertz CT molecular complexity index is 1140. The van der Waals surface area contributed by atoms with Crippen molar-refractivity contribution in [2.75, 3.05) is 13.2 Å². The van der Waals surface area contributed by atoms with Gasteiger partial charge >= 0.3 is 13.5 Å². The summed E-state index contributed by atoms with van der Waals surface area (Å²) in [5.41, 5.74) is -0.899. The third-order valence-corrected chi connectivity index (χ3v) is 6.20. The molecule has 2 aromatic rings. The Morgan fingerprint density at radius 1 is 1.34 bits per heavy atom. The highest BCUT2D eigenvalue weighted by atomic mass is 35.5. The zero-order valence-electron chi connectivity index (χ0n) is 17.0. The van der Waals surface area contributed by atoms with Crippen molar-refractivity contribution in [2.24, 2.45) is 0 Å². The van der Waals surface area contributed by atoms with E-state index >= 15 is 0 Å². The van der Waals surface area contributed by atoms with Gasteiger partial charge < -0.3 is 14.4 Å². The molecule has 1 fully saturated rings. The average Bonchev–Trinajstić information content (AvgIpc) is 3.11. The Labute approximate surface area is 187 Å². The number of phosphoric ester groups is 1. The van der Waals surface area contributed by atoms with Crippen LogP contribution in [0.15, 0.2) is 40.1 Å². The van der Waals surface area contributed by atoms with Gasteiger partial charge in [0.15, 0.2) is 0 Å². The van der Waals surface area contributed by atoms with E-state index in [2.05, 4.69) is 4.98 Å². The number of halogens is 1. The van der Waals surface area contributed by atoms with Gasteiger partial charge in [-0.25, -0.2) is 9.36 Å². The number of aliphatic hydroxyl groups excluding tert-OH is 1. The van der Waals surface area contributed by atoms with E-state index in [1.54, 1.807) is 0 Å². The molecule has 13 heteroatoms. The van der Waals surface area contributed by atoms with Crippen LogP contribution in [0.1, 0.15) is 24.6 Å². The predicted octanol–water partition coefficient (Wildman–Crippen LogP) is 2.28. The van der Waals surface area contributed by atoms with E-state index in [0.717, 1.165) is 4.57 Å². The first kappa shape index (κ1) is 24.2. The molecule has 32 heavy (non-hydrogen) atoms. The number of aliphatic hydroxyl groups is 1. The third kappa shape index (κ3) is 6.07. The highest BCUT2D eigenvalue weighted by Gasteiger charge is 2.39. The fourth-order valence-corrected chi connectivity index (χ4v) is 4.25. The summed E-state index contributed by atoms with van der Waals surface area (Å²) < 4.78 is 35.8. The van der Waals surface area contributed by atoms with Gasteiger partial charge in [0, 0.05) is 23.2 Å². The SMILES string of the molecule is Cc1cn([C@H]2C[C@H](O)[C@@H](CO[P@@](=O)(OCCC#N)Oc3ccc(Cl)cc3)O2)c(=O)[nH]c1=O. The van der Waals surface area contributed by atoms with E-state index in [-0.39, 0.29) is 31.8 Å². The number of benzene rings is 1. The molecule has 172 valence electrons. The fraction of sp³-hybridized carbons (Fsp3) is 0.421. The maximum absolute atomic E-state index is 13.1. The Balaban J connectivity index is 1.69. The van der Waals surface area contributed by atoms with Crippen LogP contribution in [0.25, 0.3) is 0 Å². The second-order valence-corrected chi connectivity index (χ2v) is 8.97. The molecule has 3 rings (SSSR count). The number of H-pyrrole nitrogens is 1. The molecule has 11 nitrogen and oxygen atoms in total. The maximum atomic E-state index is 13.1. The Kier molecular flexibility index (Phi) is 7.90. The number of phosphoric acid groups is 1. The van der Waals surface area contributed by atoms with Crippen molar-refractivity contribution in [2.45, 2.75) is 38.2 Å². The van der Waals surface area contributed by atoms with Crippen LogP contribution in [0.2, 0.25) is 5.02 Å². The maximum Gasteiger partial charge on any atom is 0.530 e. The minimum absolute atomic E-state index is 0.0387. The van der Waals surface area contributed by atoms with Crippen molar-refractivity contribution in [3.63, 3.8) is 0 Å². The Morgan fingerprint density at radius 2 is 2.06 bits per heavy atom. The molecule has 0 amide bonds. The molecule has 0 spiro atoms. The summed E-state index contributed by atoms with van der Waals surface area (Å²) in [6.07, 6.45) is -1.55. The molecule has 2 heterocycles. The second kappa shape index (κ2) is 10.4. The van der Waals surface area contributed by atoms with Crippen molar-refractivity contribution < 1.29 is 28.0 Å². The minimum Gasteiger partial charge on any atom is -0.404 e. The monoisotopic (exact) mass is 485 g/mol. The Hall–Kier alpha value is -2.45. The predicted molar refractivity (Wildman–Crippen MR) is 112 cm³/mol. The highest BCUT2D eigenvalue weighted by Crippen LogP contribution is 2.50. The van der Waals surface area contributed by atoms with Crippen LogP contribution in [0, 0.1) is 18.3 Å². The van der Waals surface area contributed by atoms with Crippen molar-refractivity contribution in [1.29, 1.82) is 5.26 Å². The molecule has 2 N–H and O–H groups in total. The van der Waals surface area contributed by atoms with E-state index in [1.165, 1.54) is 37.4 Å². The first-order chi connectivity index (χ1) is 15.2. The molecule has 1 aliphatic rings. The summed E-state index contributed by atoms with van der Waals surface area (Å²) in [6, 6.07) is 7.83. The van der Waals surface area contributed by atoms with Crippen molar-refractivity contribution >= 4 is 19.4 Å². The molecule has 0 bridgehead atoms. The summed E-state index contributed by atoms with van der Waals surface area (Å²) in [7, 11) is -4.18. The van der Waals surface area contributed by atoms with Gasteiger partial charge in [-0.15, -0.1) is 0 Å². The topological polar surface area (TPSA) is 153 Å². The lowest BCUT2D eigenvalue weighted by molar-refractivity contribution is -0.0460. The lowest BCUT2D eigenvalue weighted by Gasteiger charge is -2.21. The van der Waals surface area contributed by atoms with Gasteiger partial charge in [0.1, 0.15) is 18.1 Å². The largest absolute Gasteiger partial charge is 0.530 e. The van der Waals surface area contributed by atoms with Gasteiger partial charge in [0.2, 0.25) is 0 Å². The number of rotatable bonds is 9. The van der Waals surface area contributed by atoms with Crippen LogP contribution >= 0.6 is 19.4 Å². The zero-order chi connectivity index (χ0) is 23.3. The van der Waals surface area contributed by atoms with Crippen LogP contribution in [0.3, 0.4) is 0 Å². The third-order valence-electron chi connectivity index (χ3n) is 4.55. The van der Waals surface area contributed by atoms with Crippen LogP contribution in [0.5, 0.6) is 5.75 Å². The fourth-order valence-electron chi connectivity index (χ4n) is 2.92. The highest BCUT2D eigenvalue weighted by molar-refractivity contribution is 7.48. The number of aromatic amines is 1. The van der Waals surface area contributed by atoms with E-state index in [4.69, 9.17) is 35.2 Å². The van der Waals surface area contributed by atoms with Gasteiger partial charge in [0.25, 0.3) is 5.56 Å². The smallest absolute Gasteiger partial charge is 0.404 e. The molecule has 0 aliphatic carbocycles. The van der Waals surface area contributed by atoms with E-state index < -0.39 is 37.5 Å². The van der Waals surface area contributed by atoms with Crippen LogP contribution in [-0.4, -0.2) is 40.1 Å². The standard InChI is InChI=1S/C19H21ClN3O8P/c1-12-10-23(19(26)22-18(12)25)17-9-15(24)16(30-17)11-29-32(27,28-8-2-7-21)31-14-5-3-13(20)4-6-14/h3-6,10,15-17,24H,2,8-9,11H2,1H3,(H,22,25,26)/t15-,16+,17+,32+/m0/s1. The summed E-state index contributed by atoms with van der Waals surface area (Å²) in [5.74, 6) is 0.163. The van der Waals surface area contributed by atoms with Gasteiger partial charge in [-0.1, -0.05) is 11.6 Å². The quantitative estimate of drug-likeness (QED) is 0.402. The first-order valence-electron chi connectivity index (χ1n) is 9.57. The average molecular weight is 486 g/mol. The summed E-state index contributed by atoms with van der Waals surface area (Å²) in [4.78, 5) is 25.8. The zero-order valence-corrected chi connectivity index (χ0v) is 18.6. The molecule has 1 aromatic heterocycles. The minimum atomic E-state index is -4.18. The molecular formula is C19H21ClN3O8P. The summed E-state index contributed by atoms with van der Waals surface area (Å²) in [5, 5.41) is 19.5. The normalized spacial score (nSPS) is 22.2. The van der Waals surface area contributed by atoms with Gasteiger partial charge in [0.05, 0.1) is 31.8 Å². The van der Waals surface area contributed by atoms with Gasteiger partial charge in [-0.2, -0.15) is 5.26 Å². The molecule has 4 atom stereocenters. The molecule has 1 aliphatic heterocycles. The number of hydrogen-bond donors (Lipinski definition) is 2. The molecule has 0 saturated carbocycles. The number of nitrogens with zero attached hydrogens (tertiary/aromatic N) is 2. The van der Waals surface area contributed by atoms with Crippen molar-refractivity contribution in [3.8, 4) is 11.8 Å². The van der Waals surface area contributed by atoms with E-state index in [1.807, 2.05) is 6.07 Å². The van der Waals surface area contributed by atoms with Crippen molar-refractivity contribution in [1.82, 2.24) is 9.55 Å². The first-order valence-corrected chi connectivity index (χ1v) is 11.4. The lowest BCUT2D eigenvalue weighted by Crippen LogP contribution is -2.33. The molecule has 0 unspecified atom stereocenters. The molecule has 1 saturated heterocycles. The number of aryl methyl sites for hydroxylation is 1. The lowest BCUT2D eigenvalue weighted by atomic mass is 10.2. The number of nitriles is 1. The number of nitrogens with one attached hydrogen (secondary N) is 1. The van der Waals surface area contributed by atoms with Crippen LogP contribution in [-0.2, 0) is 18.3 Å². The number of ether oxygens (including phenoxy) is 1. The van der Waals surface area contributed by atoms with Crippen LogP contribution in [0.4, 0.5) is 0 Å². The number of hydrogen-bond acceptors (Lipinski definition) is 9. The van der Waals surface area contributed by atoms with Crippen LogP contribution < -0.4 is 15.8 Å². The van der Waals surface area contributed by atoms with Gasteiger partial charge in [-0.3, -0.25) is 23.4 Å². The molecule has 0 radical (unpaired) electrons. The summed E-state index contributed by atoms with van der Waals surface area (Å²) >= 11 is 5.83.